The van der Waals surface area contributed by atoms with Crippen molar-refractivity contribution in [2.24, 2.45) is 5.92 Å². The number of nitrogens with zero attached hydrogens (tertiary/aromatic N) is 1. The molecule has 1 aromatic rings. The first-order chi connectivity index (χ1) is 6.66. The summed E-state index contributed by atoms with van der Waals surface area (Å²) in [6.45, 7) is 6.09. The Labute approximate surface area is 83.7 Å². The van der Waals surface area contributed by atoms with Crippen LogP contribution in [-0.4, -0.2) is 22.5 Å². The van der Waals surface area contributed by atoms with E-state index in [1.165, 1.54) is 0 Å². The van der Waals surface area contributed by atoms with E-state index in [1.807, 2.05) is 20.8 Å². The second-order valence-corrected chi connectivity index (χ2v) is 3.34. The van der Waals surface area contributed by atoms with Gasteiger partial charge in [-0.05, 0) is 6.92 Å². The zero-order valence-electron chi connectivity index (χ0n) is 8.78. The van der Waals surface area contributed by atoms with Crippen LogP contribution in [-0.2, 0) is 9.53 Å². The van der Waals surface area contributed by atoms with Crippen molar-refractivity contribution in [2.45, 2.75) is 26.7 Å². The normalized spacial score (nSPS) is 14.8. The second kappa shape index (κ2) is 4.79. The highest BCUT2D eigenvalue weighted by molar-refractivity contribution is 5.73. The third-order valence-corrected chi connectivity index (χ3v) is 2.42. The van der Waals surface area contributed by atoms with E-state index < -0.39 is 0 Å². The summed E-state index contributed by atoms with van der Waals surface area (Å²) in [4.78, 5) is 18.3. The predicted octanol–water partition coefficient (Wildman–Crippen LogP) is 1.71. The molecule has 0 aliphatic carbocycles. The van der Waals surface area contributed by atoms with Crippen molar-refractivity contribution >= 4 is 5.97 Å². The molecular weight excluding hydrogens is 180 g/mol. The summed E-state index contributed by atoms with van der Waals surface area (Å²) in [7, 11) is 0. The average Bonchev–Trinajstić information content (AvgIpc) is 2.68. The molecule has 1 heterocycles. The standard InChI is InChI=1S/C10H16N2O2/c1-4-14-10(13)8(3)7(2)9-5-11-6-12-9/h5-8H,4H2,1-3H3,(H,11,12)/t7-,8-/m0/s1. The molecule has 1 N–H and O–H groups in total. The lowest BCUT2D eigenvalue weighted by molar-refractivity contribution is -0.148. The lowest BCUT2D eigenvalue weighted by atomic mass is 9.93. The molecule has 2 atom stereocenters. The maximum Gasteiger partial charge on any atom is 0.309 e. The molecule has 1 aromatic heterocycles. The molecule has 0 spiro atoms. The van der Waals surface area contributed by atoms with Crippen LogP contribution in [0.4, 0.5) is 0 Å². The number of carbonyl (C=O) groups excluding carboxylic acids is 1. The second-order valence-electron chi connectivity index (χ2n) is 3.34. The molecule has 4 heteroatoms. The molecule has 0 aromatic carbocycles. The van der Waals surface area contributed by atoms with E-state index in [4.69, 9.17) is 4.74 Å². The minimum atomic E-state index is -0.158. The van der Waals surface area contributed by atoms with E-state index in [2.05, 4.69) is 9.97 Å². The molecule has 78 valence electrons. The van der Waals surface area contributed by atoms with Gasteiger partial charge in [0.05, 0.1) is 18.9 Å². The number of esters is 1. The van der Waals surface area contributed by atoms with Crippen molar-refractivity contribution in [3.63, 3.8) is 0 Å². The highest BCUT2D eigenvalue weighted by Crippen LogP contribution is 2.22. The van der Waals surface area contributed by atoms with Gasteiger partial charge in [0.1, 0.15) is 0 Å². The van der Waals surface area contributed by atoms with Crippen molar-refractivity contribution in [3.05, 3.63) is 18.2 Å². The Balaban J connectivity index is 2.61. The van der Waals surface area contributed by atoms with Gasteiger partial charge < -0.3 is 9.72 Å². The molecule has 0 fully saturated rings. The Morgan fingerprint density at radius 3 is 2.86 bits per heavy atom. The molecule has 0 unspecified atom stereocenters. The molecule has 0 radical (unpaired) electrons. The summed E-state index contributed by atoms with van der Waals surface area (Å²) < 4.78 is 4.95. The quantitative estimate of drug-likeness (QED) is 0.746. The maximum atomic E-state index is 11.4. The summed E-state index contributed by atoms with van der Waals surface area (Å²) in [5, 5.41) is 0. The first-order valence-electron chi connectivity index (χ1n) is 4.81. The van der Waals surface area contributed by atoms with Gasteiger partial charge in [0.15, 0.2) is 0 Å². The van der Waals surface area contributed by atoms with Crippen LogP contribution in [0.5, 0.6) is 0 Å². The van der Waals surface area contributed by atoms with E-state index in [1.54, 1.807) is 12.5 Å². The van der Waals surface area contributed by atoms with Gasteiger partial charge in [-0.2, -0.15) is 0 Å². The van der Waals surface area contributed by atoms with E-state index in [0.717, 1.165) is 5.69 Å². The molecular formula is C10H16N2O2. The number of hydrogen-bond donors (Lipinski definition) is 1. The summed E-state index contributed by atoms with van der Waals surface area (Å²) in [6.07, 6.45) is 3.35. The Morgan fingerprint density at radius 1 is 1.64 bits per heavy atom. The minimum absolute atomic E-state index is 0.108. The first kappa shape index (κ1) is 10.8. The van der Waals surface area contributed by atoms with E-state index in [-0.39, 0.29) is 17.8 Å². The molecule has 4 nitrogen and oxygen atoms in total. The zero-order valence-corrected chi connectivity index (χ0v) is 8.78. The lowest BCUT2D eigenvalue weighted by Gasteiger charge is -2.16. The zero-order chi connectivity index (χ0) is 10.6. The van der Waals surface area contributed by atoms with Gasteiger partial charge >= 0.3 is 5.97 Å². The van der Waals surface area contributed by atoms with Crippen molar-refractivity contribution < 1.29 is 9.53 Å². The van der Waals surface area contributed by atoms with Crippen LogP contribution in [0.3, 0.4) is 0 Å². The summed E-state index contributed by atoms with van der Waals surface area (Å²) >= 11 is 0. The topological polar surface area (TPSA) is 55.0 Å². The molecule has 1 rings (SSSR count). The van der Waals surface area contributed by atoms with Crippen LogP contribution in [0.1, 0.15) is 32.4 Å². The Morgan fingerprint density at radius 2 is 2.36 bits per heavy atom. The highest BCUT2D eigenvalue weighted by atomic mass is 16.5. The predicted molar refractivity (Wildman–Crippen MR) is 52.8 cm³/mol. The van der Waals surface area contributed by atoms with Crippen LogP contribution < -0.4 is 0 Å². The van der Waals surface area contributed by atoms with Gasteiger partial charge in [0, 0.05) is 17.8 Å². The molecule has 0 amide bonds. The van der Waals surface area contributed by atoms with Crippen LogP contribution in [0.2, 0.25) is 0 Å². The van der Waals surface area contributed by atoms with Gasteiger partial charge in [-0.25, -0.2) is 4.98 Å². The third-order valence-electron chi connectivity index (χ3n) is 2.42. The average molecular weight is 196 g/mol. The molecule has 0 aliphatic heterocycles. The SMILES string of the molecule is CCOC(=O)[C@@H](C)[C@H](C)c1cnc[nH]1. The molecule has 0 aliphatic rings. The van der Waals surface area contributed by atoms with Gasteiger partial charge in [-0.3, -0.25) is 4.79 Å². The maximum absolute atomic E-state index is 11.4. The molecule has 0 bridgehead atoms. The third kappa shape index (κ3) is 2.34. The van der Waals surface area contributed by atoms with Crippen molar-refractivity contribution in [1.29, 1.82) is 0 Å². The first-order valence-corrected chi connectivity index (χ1v) is 4.81. The number of rotatable bonds is 4. The number of nitrogens with one attached hydrogen (secondary N) is 1. The van der Waals surface area contributed by atoms with Gasteiger partial charge in [0.25, 0.3) is 0 Å². The Kier molecular flexibility index (Phi) is 3.68. The van der Waals surface area contributed by atoms with Crippen molar-refractivity contribution in [2.75, 3.05) is 6.61 Å². The molecule has 0 saturated carbocycles. The monoisotopic (exact) mass is 196 g/mol. The van der Waals surface area contributed by atoms with Crippen LogP contribution in [0.15, 0.2) is 12.5 Å². The number of aromatic nitrogens is 2. The molecule has 14 heavy (non-hydrogen) atoms. The van der Waals surface area contributed by atoms with Crippen LogP contribution in [0, 0.1) is 5.92 Å². The summed E-state index contributed by atoms with van der Waals surface area (Å²) in [5.74, 6) is -0.193. The number of carbonyl (C=O) groups is 1. The summed E-state index contributed by atoms with van der Waals surface area (Å²) in [6, 6.07) is 0. The minimum Gasteiger partial charge on any atom is -0.466 e. The van der Waals surface area contributed by atoms with E-state index >= 15 is 0 Å². The number of imidazole rings is 1. The van der Waals surface area contributed by atoms with Gasteiger partial charge in [0.2, 0.25) is 0 Å². The van der Waals surface area contributed by atoms with Crippen molar-refractivity contribution in [3.8, 4) is 0 Å². The number of ether oxygens (including phenoxy) is 1. The van der Waals surface area contributed by atoms with E-state index in [0.29, 0.717) is 6.61 Å². The molecule has 0 saturated heterocycles. The van der Waals surface area contributed by atoms with Crippen LogP contribution >= 0.6 is 0 Å². The fourth-order valence-electron chi connectivity index (χ4n) is 1.26. The van der Waals surface area contributed by atoms with Gasteiger partial charge in [-0.1, -0.05) is 13.8 Å². The smallest absolute Gasteiger partial charge is 0.309 e. The number of hydrogen-bond acceptors (Lipinski definition) is 3. The van der Waals surface area contributed by atoms with Gasteiger partial charge in [-0.15, -0.1) is 0 Å². The lowest BCUT2D eigenvalue weighted by Crippen LogP contribution is -2.20. The van der Waals surface area contributed by atoms with Crippen molar-refractivity contribution in [1.82, 2.24) is 9.97 Å². The fraction of sp³-hybridized carbons (Fsp3) is 0.600. The van der Waals surface area contributed by atoms with Crippen LogP contribution in [0.25, 0.3) is 0 Å². The number of aromatic amines is 1. The number of H-pyrrole nitrogens is 1. The fourth-order valence-corrected chi connectivity index (χ4v) is 1.26. The van der Waals surface area contributed by atoms with E-state index in [9.17, 15) is 4.79 Å². The summed E-state index contributed by atoms with van der Waals surface area (Å²) in [5.41, 5.74) is 0.963. The Hall–Kier alpha value is -1.32. The highest BCUT2D eigenvalue weighted by Gasteiger charge is 2.23. The largest absolute Gasteiger partial charge is 0.466 e. The Bertz CT molecular complexity index is 282.